The van der Waals surface area contributed by atoms with E-state index in [-0.39, 0.29) is 18.2 Å². The minimum atomic E-state index is -0.579. The van der Waals surface area contributed by atoms with Crippen molar-refractivity contribution < 1.29 is 9.59 Å². The highest BCUT2D eigenvalue weighted by Gasteiger charge is 2.53. The maximum absolute atomic E-state index is 13.1. The van der Waals surface area contributed by atoms with Crippen LogP contribution >= 0.6 is 0 Å². The molecule has 130 valence electrons. The highest BCUT2D eigenvalue weighted by Crippen LogP contribution is 2.48. The summed E-state index contributed by atoms with van der Waals surface area (Å²) in [6, 6.07) is 3.51. The molecule has 1 aliphatic heterocycles. The molecule has 5 heteroatoms. The Morgan fingerprint density at radius 1 is 1.42 bits per heavy atom. The van der Waals surface area contributed by atoms with Crippen LogP contribution in [0, 0.1) is 23.2 Å². The summed E-state index contributed by atoms with van der Waals surface area (Å²) in [5, 5.41) is 5.85. The van der Waals surface area contributed by atoms with Crippen LogP contribution in [0.2, 0.25) is 0 Å². The molecule has 24 heavy (non-hydrogen) atoms. The molecule has 4 atom stereocenters. The van der Waals surface area contributed by atoms with Crippen molar-refractivity contribution in [2.45, 2.75) is 47.0 Å². The van der Waals surface area contributed by atoms with Gasteiger partial charge in [0.1, 0.15) is 6.54 Å². The van der Waals surface area contributed by atoms with Gasteiger partial charge >= 0.3 is 0 Å². The molecular formula is C19H27N3O2. The smallest absolute Gasteiger partial charge is 0.255 e. The van der Waals surface area contributed by atoms with Crippen molar-refractivity contribution in [3.8, 4) is 0 Å². The molecule has 1 fully saturated rings. The zero-order valence-electron chi connectivity index (χ0n) is 15.0. The van der Waals surface area contributed by atoms with Gasteiger partial charge in [0.15, 0.2) is 0 Å². The number of hydrogen-bond acceptors (Lipinski definition) is 3. The largest absolute Gasteiger partial charge is 0.359 e. The van der Waals surface area contributed by atoms with E-state index in [0.717, 1.165) is 18.6 Å². The lowest BCUT2D eigenvalue weighted by molar-refractivity contribution is -0.139. The van der Waals surface area contributed by atoms with Crippen molar-refractivity contribution in [2.24, 2.45) is 28.3 Å². The van der Waals surface area contributed by atoms with Crippen molar-refractivity contribution in [2.75, 3.05) is 6.54 Å². The van der Waals surface area contributed by atoms with Crippen LogP contribution < -0.4 is 0 Å². The van der Waals surface area contributed by atoms with E-state index >= 15 is 0 Å². The average molecular weight is 329 g/mol. The van der Waals surface area contributed by atoms with Crippen molar-refractivity contribution in [3.05, 3.63) is 24.0 Å². The van der Waals surface area contributed by atoms with Crippen LogP contribution in [0.25, 0.3) is 0 Å². The number of hydrogen-bond donors (Lipinski definition) is 1. The van der Waals surface area contributed by atoms with Gasteiger partial charge in [0, 0.05) is 6.20 Å². The van der Waals surface area contributed by atoms with Crippen molar-refractivity contribution in [3.63, 3.8) is 0 Å². The van der Waals surface area contributed by atoms with Crippen molar-refractivity contribution in [1.82, 2.24) is 9.99 Å². The zero-order chi connectivity index (χ0) is 17.5. The number of carbonyl (C=O) groups excluding carboxylic acids is 2. The Labute approximate surface area is 143 Å². The monoisotopic (exact) mass is 329 g/mol. The van der Waals surface area contributed by atoms with Gasteiger partial charge in [-0.1, -0.05) is 26.7 Å². The van der Waals surface area contributed by atoms with E-state index in [9.17, 15) is 9.59 Å². The number of ketones is 1. The third-order valence-corrected chi connectivity index (χ3v) is 6.09. The van der Waals surface area contributed by atoms with Gasteiger partial charge in [0.2, 0.25) is 5.78 Å². The minimum absolute atomic E-state index is 0.00291. The molecule has 1 saturated carbocycles. The van der Waals surface area contributed by atoms with E-state index in [2.05, 4.69) is 23.9 Å². The molecule has 2 aliphatic rings. The maximum Gasteiger partial charge on any atom is 0.255 e. The maximum atomic E-state index is 13.1. The summed E-state index contributed by atoms with van der Waals surface area (Å²) in [6.45, 7) is 8.47. The summed E-state index contributed by atoms with van der Waals surface area (Å²) in [4.78, 5) is 28.4. The van der Waals surface area contributed by atoms with Crippen molar-refractivity contribution in [1.29, 1.82) is 0 Å². The summed E-state index contributed by atoms with van der Waals surface area (Å²) < 4.78 is 0. The van der Waals surface area contributed by atoms with Crippen LogP contribution in [0.5, 0.6) is 0 Å². The number of aromatic amines is 1. The van der Waals surface area contributed by atoms with E-state index in [1.165, 1.54) is 11.4 Å². The SMILES string of the molecule is CC1=NN(CC(=O)c2ccc[nH]2)C(=O)C1(C)[C@H]1C[C@H](C)CC[C@@H]1C. The standard InChI is InChI=1S/C19H27N3O2/c1-12-7-8-13(2)15(10-12)19(4)14(3)21-22(18(19)24)11-17(23)16-6-5-9-20-16/h5-6,9,12-13,15,20H,7-8,10-11H2,1-4H3/t12-,13+,15+,19?/m1/s1. The van der Waals surface area contributed by atoms with Crippen LogP contribution in [0.1, 0.15) is 57.4 Å². The summed E-state index contributed by atoms with van der Waals surface area (Å²) in [7, 11) is 0. The second kappa shape index (κ2) is 6.19. The van der Waals surface area contributed by atoms with Crippen LogP contribution in [0.3, 0.4) is 0 Å². The number of aromatic nitrogens is 1. The lowest BCUT2D eigenvalue weighted by atomic mass is 9.61. The second-order valence-electron chi connectivity index (χ2n) is 7.76. The summed E-state index contributed by atoms with van der Waals surface area (Å²) in [6.07, 6.45) is 5.15. The summed E-state index contributed by atoms with van der Waals surface area (Å²) >= 11 is 0. The topological polar surface area (TPSA) is 65.5 Å². The first kappa shape index (κ1) is 16.9. The van der Waals surface area contributed by atoms with E-state index in [1.807, 2.05) is 13.8 Å². The molecule has 0 saturated heterocycles. The highest BCUT2D eigenvalue weighted by molar-refractivity contribution is 6.12. The van der Waals surface area contributed by atoms with E-state index in [1.54, 1.807) is 18.3 Å². The number of carbonyl (C=O) groups is 2. The molecule has 3 rings (SSSR count). The molecule has 1 amide bonds. The first-order valence-corrected chi connectivity index (χ1v) is 8.88. The number of rotatable bonds is 4. The molecular weight excluding hydrogens is 302 g/mol. The van der Waals surface area contributed by atoms with Crippen LogP contribution in [0.4, 0.5) is 0 Å². The molecule has 5 nitrogen and oxygen atoms in total. The Morgan fingerprint density at radius 2 is 2.17 bits per heavy atom. The zero-order valence-corrected chi connectivity index (χ0v) is 15.0. The first-order chi connectivity index (χ1) is 11.3. The number of Topliss-reactive ketones (excluding diaryl/α,β-unsaturated/α-hetero) is 1. The number of amides is 1. The van der Waals surface area contributed by atoms with Gasteiger partial charge in [-0.2, -0.15) is 5.10 Å². The van der Waals surface area contributed by atoms with Gasteiger partial charge in [-0.3, -0.25) is 9.59 Å². The molecule has 0 aromatic carbocycles. The Hall–Kier alpha value is -1.91. The van der Waals surface area contributed by atoms with Gasteiger partial charge in [0.25, 0.3) is 5.91 Å². The number of H-pyrrole nitrogens is 1. The van der Waals surface area contributed by atoms with Gasteiger partial charge in [-0.05, 0) is 50.2 Å². The Balaban J connectivity index is 1.80. The molecule has 0 radical (unpaired) electrons. The second-order valence-corrected chi connectivity index (χ2v) is 7.76. The predicted octanol–water partition coefficient (Wildman–Crippen LogP) is 3.49. The van der Waals surface area contributed by atoms with Crippen molar-refractivity contribution >= 4 is 17.4 Å². The molecule has 1 unspecified atom stereocenters. The van der Waals surface area contributed by atoms with Gasteiger partial charge in [0.05, 0.1) is 16.8 Å². The Kier molecular flexibility index (Phi) is 4.37. The van der Waals surface area contributed by atoms with E-state index < -0.39 is 5.41 Å². The molecule has 1 N–H and O–H groups in total. The lowest BCUT2D eigenvalue weighted by Gasteiger charge is -2.42. The number of hydrazone groups is 1. The lowest BCUT2D eigenvalue weighted by Crippen LogP contribution is -2.47. The van der Waals surface area contributed by atoms with Crippen LogP contribution in [-0.2, 0) is 4.79 Å². The number of nitrogens with zero attached hydrogens (tertiary/aromatic N) is 2. The highest BCUT2D eigenvalue weighted by atomic mass is 16.2. The fourth-order valence-electron chi connectivity index (χ4n) is 4.35. The minimum Gasteiger partial charge on any atom is -0.359 e. The molecule has 0 spiro atoms. The van der Waals surface area contributed by atoms with Gasteiger partial charge in [-0.15, -0.1) is 0 Å². The number of nitrogens with one attached hydrogen (secondary N) is 1. The van der Waals surface area contributed by atoms with Gasteiger partial charge in [-0.25, -0.2) is 5.01 Å². The van der Waals surface area contributed by atoms with E-state index in [4.69, 9.17) is 0 Å². The van der Waals surface area contributed by atoms with Gasteiger partial charge < -0.3 is 4.98 Å². The normalized spacial score (nSPS) is 33.7. The molecule has 1 aliphatic carbocycles. The third-order valence-electron chi connectivity index (χ3n) is 6.09. The predicted molar refractivity (Wildman–Crippen MR) is 93.7 cm³/mol. The van der Waals surface area contributed by atoms with Crippen LogP contribution in [-0.4, -0.2) is 33.9 Å². The Morgan fingerprint density at radius 3 is 2.83 bits per heavy atom. The Bertz CT molecular complexity index is 664. The summed E-state index contributed by atoms with van der Waals surface area (Å²) in [5.74, 6) is 1.30. The molecule has 1 aromatic heterocycles. The fourth-order valence-corrected chi connectivity index (χ4v) is 4.35. The molecule has 0 bridgehead atoms. The van der Waals surface area contributed by atoms with Crippen LogP contribution in [0.15, 0.2) is 23.4 Å². The van der Waals surface area contributed by atoms with E-state index in [0.29, 0.717) is 23.4 Å². The quantitative estimate of drug-likeness (QED) is 0.859. The first-order valence-electron chi connectivity index (χ1n) is 8.88. The fraction of sp³-hybridized carbons (Fsp3) is 0.632. The summed E-state index contributed by atoms with van der Waals surface area (Å²) in [5.41, 5.74) is 0.783. The molecule has 2 heterocycles. The average Bonchev–Trinajstić information content (AvgIpc) is 3.15. The third kappa shape index (κ3) is 2.70. The molecule has 1 aromatic rings.